The molecule has 0 spiro atoms. The molecule has 1 heterocycles. The fourth-order valence-corrected chi connectivity index (χ4v) is 2.97. The van der Waals surface area contributed by atoms with Crippen molar-refractivity contribution in [2.24, 2.45) is 4.99 Å². The second-order valence-electron chi connectivity index (χ2n) is 6.99. The molecule has 5 heteroatoms. The molecule has 2 aromatic carbocycles. The maximum atomic E-state index is 5.80. The van der Waals surface area contributed by atoms with Gasteiger partial charge in [0.1, 0.15) is 0 Å². The zero-order chi connectivity index (χ0) is 20.9. The van der Waals surface area contributed by atoms with Gasteiger partial charge in [0.05, 0.1) is 19.8 Å². The first-order chi connectivity index (χ1) is 14.8. The summed E-state index contributed by atoms with van der Waals surface area (Å²) in [5, 5.41) is 6.67. The number of aliphatic imine (C=N–C) groups is 1. The Morgan fingerprint density at radius 3 is 2.23 bits per heavy atom. The Kier molecular flexibility index (Phi) is 8.90. The van der Waals surface area contributed by atoms with Gasteiger partial charge in [-0.25, -0.2) is 4.99 Å². The number of aromatic nitrogens is 1. The number of benzene rings is 2. The molecular weight excluding hydrogens is 372 g/mol. The number of ether oxygens (including phenoxy) is 1. The molecule has 0 aliphatic carbocycles. The molecule has 0 aliphatic heterocycles. The van der Waals surface area contributed by atoms with E-state index in [1.807, 2.05) is 42.6 Å². The summed E-state index contributed by atoms with van der Waals surface area (Å²) in [4.78, 5) is 9.04. The van der Waals surface area contributed by atoms with Gasteiger partial charge in [-0.1, -0.05) is 60.7 Å². The molecule has 5 nitrogen and oxygen atoms in total. The van der Waals surface area contributed by atoms with Gasteiger partial charge in [-0.2, -0.15) is 0 Å². The zero-order valence-corrected chi connectivity index (χ0v) is 17.6. The predicted molar refractivity (Wildman–Crippen MR) is 122 cm³/mol. The molecule has 156 valence electrons. The summed E-state index contributed by atoms with van der Waals surface area (Å²) in [6.07, 6.45) is 2.69. The van der Waals surface area contributed by atoms with E-state index >= 15 is 0 Å². The first kappa shape index (κ1) is 21.5. The Morgan fingerprint density at radius 2 is 1.53 bits per heavy atom. The lowest BCUT2D eigenvalue weighted by atomic mass is 10.1. The van der Waals surface area contributed by atoms with Crippen molar-refractivity contribution in [3.8, 4) is 0 Å². The van der Waals surface area contributed by atoms with E-state index in [-0.39, 0.29) is 0 Å². The molecule has 0 atom stereocenters. The first-order valence-corrected chi connectivity index (χ1v) is 10.4. The van der Waals surface area contributed by atoms with Crippen LogP contribution in [0.4, 0.5) is 0 Å². The van der Waals surface area contributed by atoms with Crippen molar-refractivity contribution in [2.45, 2.75) is 33.1 Å². The minimum absolute atomic E-state index is 0.607. The maximum Gasteiger partial charge on any atom is 0.191 e. The quantitative estimate of drug-likeness (QED) is 0.396. The highest BCUT2D eigenvalue weighted by Gasteiger charge is 2.00. The van der Waals surface area contributed by atoms with E-state index in [0.29, 0.717) is 19.8 Å². The van der Waals surface area contributed by atoms with E-state index in [9.17, 15) is 0 Å². The Labute approximate surface area is 179 Å². The molecule has 30 heavy (non-hydrogen) atoms. The standard InChI is InChI=1S/C25H30N4O/c1-2-26-25(28-17-15-24-10-6-7-16-27-24)29-18-21-11-13-23(14-12-21)20-30-19-22-8-4-3-5-9-22/h3-14,16H,2,15,17-20H2,1H3,(H2,26,28,29). The summed E-state index contributed by atoms with van der Waals surface area (Å²) in [5.74, 6) is 0.823. The van der Waals surface area contributed by atoms with Gasteiger partial charge in [0, 0.05) is 31.4 Å². The number of nitrogens with one attached hydrogen (secondary N) is 2. The predicted octanol–water partition coefficient (Wildman–Crippen LogP) is 4.10. The summed E-state index contributed by atoms with van der Waals surface area (Å²) in [6, 6.07) is 24.7. The largest absolute Gasteiger partial charge is 0.372 e. The van der Waals surface area contributed by atoms with Gasteiger partial charge in [-0.15, -0.1) is 0 Å². The van der Waals surface area contributed by atoms with Gasteiger partial charge in [0.15, 0.2) is 5.96 Å². The van der Waals surface area contributed by atoms with Crippen LogP contribution in [-0.2, 0) is 30.9 Å². The monoisotopic (exact) mass is 402 g/mol. The van der Waals surface area contributed by atoms with Crippen molar-refractivity contribution in [3.05, 3.63) is 101 Å². The molecule has 0 radical (unpaired) electrons. The van der Waals surface area contributed by atoms with E-state index in [1.54, 1.807) is 0 Å². The number of pyridine rings is 1. The van der Waals surface area contributed by atoms with E-state index < -0.39 is 0 Å². The first-order valence-electron chi connectivity index (χ1n) is 10.4. The van der Waals surface area contributed by atoms with Crippen molar-refractivity contribution in [1.82, 2.24) is 15.6 Å². The van der Waals surface area contributed by atoms with Gasteiger partial charge in [0.2, 0.25) is 0 Å². The molecule has 2 N–H and O–H groups in total. The third kappa shape index (κ3) is 7.68. The molecule has 0 saturated heterocycles. The molecule has 3 rings (SSSR count). The molecule has 3 aromatic rings. The van der Waals surface area contributed by atoms with E-state index in [0.717, 1.165) is 31.2 Å². The summed E-state index contributed by atoms with van der Waals surface area (Å²) in [6.45, 7) is 5.55. The van der Waals surface area contributed by atoms with Crippen LogP contribution in [0.1, 0.15) is 29.3 Å². The molecule has 0 fully saturated rings. The Balaban J connectivity index is 1.44. The van der Waals surface area contributed by atoms with Gasteiger partial charge >= 0.3 is 0 Å². The summed E-state index contributed by atoms with van der Waals surface area (Å²) < 4.78 is 5.80. The number of nitrogens with zero attached hydrogens (tertiary/aromatic N) is 2. The van der Waals surface area contributed by atoms with Crippen LogP contribution in [0.2, 0.25) is 0 Å². The van der Waals surface area contributed by atoms with Crippen LogP contribution in [0.3, 0.4) is 0 Å². The van der Waals surface area contributed by atoms with E-state index in [2.05, 4.69) is 63.9 Å². The lowest BCUT2D eigenvalue weighted by molar-refractivity contribution is 0.107. The topological polar surface area (TPSA) is 58.5 Å². The Bertz CT molecular complexity index is 880. The number of hydrogen-bond acceptors (Lipinski definition) is 3. The molecule has 0 amide bonds. The average molecular weight is 403 g/mol. The van der Waals surface area contributed by atoms with Gasteiger partial charge in [0.25, 0.3) is 0 Å². The van der Waals surface area contributed by atoms with Gasteiger partial charge in [-0.05, 0) is 35.7 Å². The maximum absolute atomic E-state index is 5.80. The normalized spacial score (nSPS) is 11.3. The fourth-order valence-electron chi connectivity index (χ4n) is 2.97. The molecule has 1 aromatic heterocycles. The van der Waals surface area contributed by atoms with Crippen LogP contribution in [0.5, 0.6) is 0 Å². The van der Waals surface area contributed by atoms with Crippen LogP contribution >= 0.6 is 0 Å². The molecule has 0 aliphatic rings. The minimum atomic E-state index is 0.607. The Morgan fingerprint density at radius 1 is 0.833 bits per heavy atom. The molecular formula is C25H30N4O. The summed E-state index contributed by atoms with van der Waals surface area (Å²) in [5.41, 5.74) is 4.60. The van der Waals surface area contributed by atoms with Crippen molar-refractivity contribution in [2.75, 3.05) is 13.1 Å². The van der Waals surface area contributed by atoms with Crippen molar-refractivity contribution in [3.63, 3.8) is 0 Å². The van der Waals surface area contributed by atoms with Crippen molar-refractivity contribution in [1.29, 1.82) is 0 Å². The van der Waals surface area contributed by atoms with Gasteiger partial charge in [-0.3, -0.25) is 4.98 Å². The van der Waals surface area contributed by atoms with Crippen LogP contribution in [0.15, 0.2) is 84.0 Å². The lowest BCUT2D eigenvalue weighted by Gasteiger charge is -2.11. The zero-order valence-electron chi connectivity index (χ0n) is 17.6. The summed E-state index contributed by atoms with van der Waals surface area (Å²) >= 11 is 0. The van der Waals surface area contributed by atoms with E-state index in [1.165, 1.54) is 16.7 Å². The lowest BCUT2D eigenvalue weighted by Crippen LogP contribution is -2.38. The second kappa shape index (κ2) is 12.4. The SMILES string of the molecule is CCNC(=NCc1ccc(COCc2ccccc2)cc1)NCCc1ccccn1. The minimum Gasteiger partial charge on any atom is -0.372 e. The number of hydrogen-bond donors (Lipinski definition) is 2. The smallest absolute Gasteiger partial charge is 0.191 e. The highest BCUT2D eigenvalue weighted by molar-refractivity contribution is 5.79. The third-order valence-corrected chi connectivity index (χ3v) is 4.57. The van der Waals surface area contributed by atoms with Crippen LogP contribution in [0, 0.1) is 0 Å². The molecule has 0 saturated carbocycles. The highest BCUT2D eigenvalue weighted by atomic mass is 16.5. The van der Waals surface area contributed by atoms with Crippen molar-refractivity contribution >= 4 is 5.96 Å². The molecule has 0 unspecified atom stereocenters. The highest BCUT2D eigenvalue weighted by Crippen LogP contribution is 2.09. The van der Waals surface area contributed by atoms with Gasteiger partial charge < -0.3 is 15.4 Å². The second-order valence-corrected chi connectivity index (χ2v) is 6.99. The van der Waals surface area contributed by atoms with Crippen LogP contribution < -0.4 is 10.6 Å². The third-order valence-electron chi connectivity index (χ3n) is 4.57. The van der Waals surface area contributed by atoms with Crippen LogP contribution in [0.25, 0.3) is 0 Å². The summed E-state index contributed by atoms with van der Waals surface area (Å²) in [7, 11) is 0. The molecule has 0 bridgehead atoms. The number of rotatable bonds is 10. The van der Waals surface area contributed by atoms with E-state index in [4.69, 9.17) is 4.74 Å². The fraction of sp³-hybridized carbons (Fsp3) is 0.280. The van der Waals surface area contributed by atoms with Crippen molar-refractivity contribution < 1.29 is 4.74 Å². The van der Waals surface area contributed by atoms with Crippen LogP contribution in [-0.4, -0.2) is 24.0 Å². The average Bonchev–Trinajstić information content (AvgIpc) is 2.80. The number of guanidine groups is 1. The Hall–Kier alpha value is -3.18.